The van der Waals surface area contributed by atoms with Gasteiger partial charge in [0.25, 0.3) is 0 Å². The fourth-order valence-corrected chi connectivity index (χ4v) is 7.02. The molecule has 1 amide bonds. The van der Waals surface area contributed by atoms with Crippen LogP contribution in [0.15, 0.2) is 42.7 Å². The lowest BCUT2D eigenvalue weighted by atomic mass is 9.52. The number of rotatable bonds is 5. The fourth-order valence-electron chi connectivity index (χ4n) is 7.02. The topological polar surface area (TPSA) is 65.9 Å². The Bertz CT molecular complexity index is 1070. The molecule has 2 bridgehead atoms. The molecular formula is C28H35N3O3. The van der Waals surface area contributed by atoms with E-state index in [1.54, 1.807) is 19.5 Å². The van der Waals surface area contributed by atoms with Gasteiger partial charge in [0, 0.05) is 43.5 Å². The number of carbonyl (C=O) groups is 1. The Balaban J connectivity index is 1.35. The van der Waals surface area contributed by atoms with Crippen LogP contribution in [0.3, 0.4) is 0 Å². The lowest BCUT2D eigenvalue weighted by Crippen LogP contribution is -2.71. The number of ether oxygens (including phenoxy) is 1. The molecule has 1 N–H and O–H groups in total. The molecule has 2 aromatic rings. The molecule has 6 rings (SSSR count). The summed E-state index contributed by atoms with van der Waals surface area (Å²) in [5.74, 6) is 1.78. The molecule has 2 saturated heterocycles. The molecule has 3 atom stereocenters. The van der Waals surface area contributed by atoms with Crippen molar-refractivity contribution in [2.24, 2.45) is 5.92 Å². The SMILES string of the molecule is COc1ccc2c(c1)[C@@]13CCN(C(=O)Cc4ccncc4)CC[C@@]1(O)[C@@H](C2)N(CC1CC1)CC3. The number of fused-ring (bicyclic) bond motifs is 1. The zero-order valence-corrected chi connectivity index (χ0v) is 20.1. The zero-order valence-electron chi connectivity index (χ0n) is 20.1. The summed E-state index contributed by atoms with van der Waals surface area (Å²) in [7, 11) is 1.71. The number of nitrogens with zero attached hydrogens (tertiary/aromatic N) is 3. The number of amides is 1. The number of pyridine rings is 1. The Morgan fingerprint density at radius 2 is 1.88 bits per heavy atom. The van der Waals surface area contributed by atoms with Crippen LogP contribution in [0, 0.1) is 5.92 Å². The summed E-state index contributed by atoms with van der Waals surface area (Å²) in [5, 5.41) is 12.6. The van der Waals surface area contributed by atoms with E-state index in [0.717, 1.165) is 49.6 Å². The minimum Gasteiger partial charge on any atom is -0.497 e. The molecule has 180 valence electrons. The average Bonchev–Trinajstić information content (AvgIpc) is 3.68. The van der Waals surface area contributed by atoms with Gasteiger partial charge in [0.15, 0.2) is 0 Å². The van der Waals surface area contributed by atoms with Gasteiger partial charge in [-0.15, -0.1) is 0 Å². The highest BCUT2D eigenvalue weighted by Crippen LogP contribution is 2.56. The third-order valence-corrected chi connectivity index (χ3v) is 9.11. The lowest BCUT2D eigenvalue weighted by molar-refractivity contribution is -0.149. The van der Waals surface area contributed by atoms with E-state index in [1.807, 2.05) is 17.0 Å². The maximum atomic E-state index is 13.3. The van der Waals surface area contributed by atoms with E-state index in [0.29, 0.717) is 25.9 Å². The van der Waals surface area contributed by atoms with Crippen molar-refractivity contribution in [1.29, 1.82) is 0 Å². The number of carbonyl (C=O) groups excluding carboxylic acids is 1. The summed E-state index contributed by atoms with van der Waals surface area (Å²) < 4.78 is 5.60. The van der Waals surface area contributed by atoms with Crippen molar-refractivity contribution in [1.82, 2.24) is 14.8 Å². The molecule has 6 nitrogen and oxygen atoms in total. The molecule has 6 heteroatoms. The molecule has 3 heterocycles. The first-order chi connectivity index (χ1) is 16.5. The van der Waals surface area contributed by atoms with Crippen molar-refractivity contribution in [2.45, 2.75) is 62.0 Å². The molecule has 1 aromatic carbocycles. The molecule has 1 aromatic heterocycles. The van der Waals surface area contributed by atoms with Crippen molar-refractivity contribution in [3.63, 3.8) is 0 Å². The monoisotopic (exact) mass is 461 g/mol. The highest BCUT2D eigenvalue weighted by molar-refractivity contribution is 5.78. The molecule has 1 saturated carbocycles. The van der Waals surface area contributed by atoms with Crippen molar-refractivity contribution in [3.8, 4) is 5.75 Å². The van der Waals surface area contributed by atoms with Gasteiger partial charge in [-0.1, -0.05) is 6.07 Å². The summed E-state index contributed by atoms with van der Waals surface area (Å²) in [6, 6.07) is 10.4. The Morgan fingerprint density at radius 3 is 2.65 bits per heavy atom. The third kappa shape index (κ3) is 3.54. The number of likely N-dealkylation sites (tertiary alicyclic amines) is 2. The molecule has 34 heavy (non-hydrogen) atoms. The Kier molecular flexibility index (Phi) is 5.41. The first-order valence-electron chi connectivity index (χ1n) is 12.8. The van der Waals surface area contributed by atoms with Gasteiger partial charge in [0.05, 0.1) is 19.1 Å². The summed E-state index contributed by atoms with van der Waals surface area (Å²) in [6.45, 7) is 3.40. The summed E-state index contributed by atoms with van der Waals surface area (Å²) >= 11 is 0. The van der Waals surface area contributed by atoms with Crippen molar-refractivity contribution >= 4 is 5.91 Å². The molecule has 0 unspecified atom stereocenters. The van der Waals surface area contributed by atoms with Gasteiger partial charge in [0.2, 0.25) is 5.91 Å². The van der Waals surface area contributed by atoms with Gasteiger partial charge in [-0.2, -0.15) is 0 Å². The molecular weight excluding hydrogens is 426 g/mol. The van der Waals surface area contributed by atoms with Gasteiger partial charge < -0.3 is 14.7 Å². The van der Waals surface area contributed by atoms with Crippen molar-refractivity contribution in [3.05, 3.63) is 59.4 Å². The van der Waals surface area contributed by atoms with E-state index in [1.165, 1.54) is 24.0 Å². The predicted octanol–water partition coefficient (Wildman–Crippen LogP) is 2.96. The smallest absolute Gasteiger partial charge is 0.226 e. The third-order valence-electron chi connectivity index (χ3n) is 9.11. The van der Waals surface area contributed by atoms with Crippen LogP contribution in [0.25, 0.3) is 0 Å². The van der Waals surface area contributed by atoms with E-state index in [2.05, 4.69) is 28.1 Å². The first-order valence-corrected chi connectivity index (χ1v) is 12.8. The fraction of sp³-hybridized carbons (Fsp3) is 0.571. The van der Waals surface area contributed by atoms with Crippen LogP contribution in [0.5, 0.6) is 5.75 Å². The highest BCUT2D eigenvalue weighted by atomic mass is 16.5. The largest absolute Gasteiger partial charge is 0.497 e. The maximum Gasteiger partial charge on any atom is 0.226 e. The summed E-state index contributed by atoms with van der Waals surface area (Å²) in [6.07, 6.45) is 9.71. The van der Waals surface area contributed by atoms with Gasteiger partial charge in [-0.25, -0.2) is 0 Å². The average molecular weight is 462 g/mol. The molecule has 2 aliphatic carbocycles. The number of piperidine rings is 1. The second-order valence-electron chi connectivity index (χ2n) is 10.9. The van der Waals surface area contributed by atoms with E-state index < -0.39 is 5.60 Å². The quantitative estimate of drug-likeness (QED) is 0.742. The number of benzene rings is 1. The van der Waals surface area contributed by atoms with E-state index in [9.17, 15) is 9.90 Å². The summed E-state index contributed by atoms with van der Waals surface area (Å²) in [5.41, 5.74) is 2.40. The Hall–Kier alpha value is -2.44. The maximum absolute atomic E-state index is 13.3. The Morgan fingerprint density at radius 1 is 1.12 bits per heavy atom. The molecule has 4 aliphatic rings. The van der Waals surface area contributed by atoms with E-state index in [4.69, 9.17) is 4.74 Å². The van der Waals surface area contributed by atoms with Crippen molar-refractivity contribution in [2.75, 3.05) is 33.3 Å². The van der Waals surface area contributed by atoms with E-state index in [-0.39, 0.29) is 17.4 Å². The molecule has 3 fully saturated rings. The van der Waals surface area contributed by atoms with Crippen LogP contribution in [-0.2, 0) is 23.1 Å². The van der Waals surface area contributed by atoms with E-state index >= 15 is 0 Å². The highest BCUT2D eigenvalue weighted by Gasteiger charge is 2.63. The molecule has 0 spiro atoms. The van der Waals surface area contributed by atoms with Gasteiger partial charge in [-0.05, 0) is 91.9 Å². The minimum absolute atomic E-state index is 0.109. The molecule has 2 aliphatic heterocycles. The van der Waals surface area contributed by atoms with Crippen molar-refractivity contribution < 1.29 is 14.6 Å². The standard InChI is InChI=1S/C28H35N3O3/c1-34-23-5-4-22-17-25-28(33)10-15-30(26(32)16-20-6-11-29-12-7-20)13-8-27(28,24(22)18-23)9-14-31(25)19-21-2-3-21/h4-7,11-12,18,21,25,33H,2-3,8-10,13-17,19H2,1H3/t25-,27+,28-/m1/s1. The summed E-state index contributed by atoms with van der Waals surface area (Å²) in [4.78, 5) is 21.9. The van der Waals surface area contributed by atoms with Crippen LogP contribution >= 0.6 is 0 Å². The number of hydrogen-bond donors (Lipinski definition) is 1. The van der Waals surface area contributed by atoms with Crippen LogP contribution in [0.1, 0.15) is 48.8 Å². The second kappa shape index (κ2) is 8.35. The van der Waals surface area contributed by atoms with Gasteiger partial charge in [0.1, 0.15) is 5.75 Å². The van der Waals surface area contributed by atoms with Gasteiger partial charge >= 0.3 is 0 Å². The number of methoxy groups -OCH3 is 1. The lowest BCUT2D eigenvalue weighted by Gasteiger charge is -2.61. The normalized spacial score (nSPS) is 30.8. The van der Waals surface area contributed by atoms with Crippen LogP contribution < -0.4 is 4.74 Å². The molecule has 0 radical (unpaired) electrons. The number of aromatic nitrogens is 1. The predicted molar refractivity (Wildman–Crippen MR) is 130 cm³/mol. The van der Waals surface area contributed by atoms with Crippen LogP contribution in [0.2, 0.25) is 0 Å². The Labute approximate surface area is 201 Å². The second-order valence-corrected chi connectivity index (χ2v) is 10.9. The van der Waals surface area contributed by atoms with Crippen LogP contribution in [0.4, 0.5) is 0 Å². The van der Waals surface area contributed by atoms with Crippen LogP contribution in [-0.4, -0.2) is 70.7 Å². The number of aliphatic hydroxyl groups is 1. The van der Waals surface area contributed by atoms with Gasteiger partial charge in [-0.3, -0.25) is 14.7 Å². The number of hydrogen-bond acceptors (Lipinski definition) is 5. The zero-order chi connectivity index (χ0) is 23.3. The first kappa shape index (κ1) is 22.1. The minimum atomic E-state index is -0.842.